The number of hydrogen-bond donors (Lipinski definition) is 1. The molecular formula is C14H27NO3. The van der Waals surface area contributed by atoms with Crippen molar-refractivity contribution >= 4 is 0 Å². The van der Waals surface area contributed by atoms with Gasteiger partial charge in [-0.15, -0.1) is 0 Å². The van der Waals surface area contributed by atoms with E-state index in [1.54, 1.807) is 0 Å². The minimum Gasteiger partial charge on any atom is -0.392 e. The summed E-state index contributed by atoms with van der Waals surface area (Å²) in [7, 11) is 0. The zero-order valence-corrected chi connectivity index (χ0v) is 11.5. The van der Waals surface area contributed by atoms with E-state index in [1.807, 2.05) is 6.92 Å². The molecule has 0 aromatic carbocycles. The number of piperidine rings is 1. The van der Waals surface area contributed by atoms with Crippen LogP contribution in [0.1, 0.15) is 39.0 Å². The summed E-state index contributed by atoms with van der Waals surface area (Å²) in [5.74, 6) is 0. The molecule has 4 nitrogen and oxygen atoms in total. The number of aliphatic hydroxyl groups excluding tert-OH is 1. The van der Waals surface area contributed by atoms with Crippen LogP contribution in [0.4, 0.5) is 0 Å². The maximum atomic E-state index is 9.63. The van der Waals surface area contributed by atoms with E-state index < -0.39 is 0 Å². The summed E-state index contributed by atoms with van der Waals surface area (Å²) in [4.78, 5) is 2.35. The van der Waals surface area contributed by atoms with Crippen molar-refractivity contribution in [2.45, 2.75) is 57.3 Å². The molecule has 0 radical (unpaired) electrons. The maximum absolute atomic E-state index is 9.63. The molecule has 0 saturated carbocycles. The Hall–Kier alpha value is -0.160. The van der Waals surface area contributed by atoms with Crippen LogP contribution < -0.4 is 0 Å². The summed E-state index contributed by atoms with van der Waals surface area (Å²) >= 11 is 0. The number of aliphatic hydroxyl groups is 1. The van der Waals surface area contributed by atoms with Gasteiger partial charge in [0.15, 0.2) is 0 Å². The first kappa shape index (κ1) is 14.3. The quantitative estimate of drug-likeness (QED) is 0.781. The molecule has 18 heavy (non-hydrogen) atoms. The Morgan fingerprint density at radius 2 is 2.11 bits per heavy atom. The van der Waals surface area contributed by atoms with Gasteiger partial charge in [-0.3, -0.25) is 0 Å². The van der Waals surface area contributed by atoms with Crippen LogP contribution in [0.2, 0.25) is 0 Å². The molecule has 1 N–H and O–H groups in total. The Balaban J connectivity index is 1.58. The third kappa shape index (κ3) is 4.50. The normalized spacial score (nSPS) is 28.7. The van der Waals surface area contributed by atoms with Crippen LogP contribution in [0, 0.1) is 0 Å². The number of nitrogens with zero attached hydrogens (tertiary/aromatic N) is 1. The molecule has 2 aliphatic heterocycles. The zero-order valence-electron chi connectivity index (χ0n) is 11.5. The predicted octanol–water partition coefficient (Wildman–Crippen LogP) is 1.42. The van der Waals surface area contributed by atoms with E-state index in [1.165, 1.54) is 6.42 Å². The highest BCUT2D eigenvalue weighted by Crippen LogP contribution is 2.17. The van der Waals surface area contributed by atoms with Crippen molar-refractivity contribution in [3.05, 3.63) is 0 Å². The van der Waals surface area contributed by atoms with E-state index >= 15 is 0 Å². The molecule has 0 aromatic rings. The second-order valence-electron chi connectivity index (χ2n) is 5.53. The van der Waals surface area contributed by atoms with Crippen molar-refractivity contribution in [2.75, 3.05) is 32.8 Å². The van der Waals surface area contributed by atoms with Crippen LogP contribution in [-0.2, 0) is 9.47 Å². The Morgan fingerprint density at radius 1 is 1.33 bits per heavy atom. The van der Waals surface area contributed by atoms with E-state index in [2.05, 4.69) is 4.90 Å². The van der Waals surface area contributed by atoms with Gasteiger partial charge in [0, 0.05) is 26.2 Å². The molecule has 2 rings (SSSR count). The van der Waals surface area contributed by atoms with Gasteiger partial charge in [-0.05, 0) is 32.1 Å². The van der Waals surface area contributed by atoms with Crippen LogP contribution in [0.5, 0.6) is 0 Å². The molecule has 2 aliphatic rings. The van der Waals surface area contributed by atoms with Gasteiger partial charge in [0.1, 0.15) is 0 Å². The fourth-order valence-corrected chi connectivity index (χ4v) is 2.70. The molecule has 2 fully saturated rings. The molecule has 0 bridgehead atoms. The van der Waals surface area contributed by atoms with Gasteiger partial charge in [-0.2, -0.15) is 0 Å². The number of hydrogen-bond acceptors (Lipinski definition) is 4. The van der Waals surface area contributed by atoms with Gasteiger partial charge in [0.25, 0.3) is 0 Å². The van der Waals surface area contributed by atoms with E-state index in [9.17, 15) is 5.11 Å². The minimum absolute atomic E-state index is 0.172. The fourth-order valence-electron chi connectivity index (χ4n) is 2.70. The van der Waals surface area contributed by atoms with Gasteiger partial charge in [0.05, 0.1) is 24.9 Å². The Labute approximate surface area is 110 Å². The summed E-state index contributed by atoms with van der Waals surface area (Å²) in [6.45, 7) is 6.61. The van der Waals surface area contributed by atoms with Crippen LogP contribution in [0.3, 0.4) is 0 Å². The average Bonchev–Trinajstić information content (AvgIpc) is 2.91. The van der Waals surface area contributed by atoms with Crippen molar-refractivity contribution in [3.8, 4) is 0 Å². The lowest BCUT2D eigenvalue weighted by atomic mass is 10.1. The monoisotopic (exact) mass is 257 g/mol. The highest BCUT2D eigenvalue weighted by atomic mass is 16.5. The van der Waals surface area contributed by atoms with E-state index in [0.717, 1.165) is 58.5 Å². The van der Waals surface area contributed by atoms with E-state index in [-0.39, 0.29) is 6.10 Å². The highest BCUT2D eigenvalue weighted by molar-refractivity contribution is 4.75. The third-order valence-electron chi connectivity index (χ3n) is 4.02. The SMILES string of the molecule is CC[C@@H](O)CN1CCC(OCC2CCCO2)CC1. The second kappa shape index (κ2) is 7.43. The maximum Gasteiger partial charge on any atom is 0.0809 e. The molecule has 2 heterocycles. The van der Waals surface area contributed by atoms with Crippen molar-refractivity contribution in [1.82, 2.24) is 4.90 Å². The number of ether oxygens (including phenoxy) is 2. The number of β-amino-alcohol motifs (C(OH)–C–C–N with tert-alkyl or cyclic N) is 1. The molecule has 2 saturated heterocycles. The molecule has 0 aliphatic carbocycles. The molecule has 1 unspecified atom stereocenters. The van der Waals surface area contributed by atoms with Gasteiger partial charge in [-0.25, -0.2) is 0 Å². The van der Waals surface area contributed by atoms with E-state index in [4.69, 9.17) is 9.47 Å². The smallest absolute Gasteiger partial charge is 0.0809 e. The standard InChI is InChI=1S/C14H27NO3/c1-2-12(16)10-15-7-5-13(6-8-15)18-11-14-4-3-9-17-14/h12-14,16H,2-11H2,1H3/t12-,14?/m1/s1. The second-order valence-corrected chi connectivity index (χ2v) is 5.53. The van der Waals surface area contributed by atoms with Crippen molar-refractivity contribution in [2.24, 2.45) is 0 Å². The Kier molecular flexibility index (Phi) is 5.89. The van der Waals surface area contributed by atoms with Gasteiger partial charge >= 0.3 is 0 Å². The van der Waals surface area contributed by atoms with Crippen LogP contribution in [-0.4, -0.2) is 61.2 Å². The molecule has 0 aromatic heterocycles. The summed E-state index contributed by atoms with van der Waals surface area (Å²) < 4.78 is 11.5. The molecular weight excluding hydrogens is 230 g/mol. The number of rotatable bonds is 6. The molecule has 4 heteroatoms. The van der Waals surface area contributed by atoms with Crippen LogP contribution in [0.25, 0.3) is 0 Å². The lowest BCUT2D eigenvalue weighted by Gasteiger charge is -2.33. The minimum atomic E-state index is -0.172. The summed E-state index contributed by atoms with van der Waals surface area (Å²) in [5.41, 5.74) is 0. The molecule has 106 valence electrons. The zero-order chi connectivity index (χ0) is 12.8. The van der Waals surface area contributed by atoms with Gasteiger partial charge < -0.3 is 19.5 Å². The first-order valence-corrected chi connectivity index (χ1v) is 7.41. The lowest BCUT2D eigenvalue weighted by molar-refractivity contribution is -0.0453. The molecule has 0 amide bonds. The topological polar surface area (TPSA) is 41.9 Å². The van der Waals surface area contributed by atoms with Gasteiger partial charge in [-0.1, -0.05) is 6.92 Å². The predicted molar refractivity (Wildman–Crippen MR) is 70.7 cm³/mol. The Bertz CT molecular complexity index is 223. The molecule has 2 atom stereocenters. The van der Waals surface area contributed by atoms with Crippen molar-refractivity contribution in [1.29, 1.82) is 0 Å². The summed E-state index contributed by atoms with van der Waals surface area (Å²) in [5, 5.41) is 9.63. The third-order valence-corrected chi connectivity index (χ3v) is 4.02. The largest absolute Gasteiger partial charge is 0.392 e. The summed E-state index contributed by atoms with van der Waals surface area (Å²) in [6.07, 6.45) is 5.91. The van der Waals surface area contributed by atoms with Crippen molar-refractivity contribution in [3.63, 3.8) is 0 Å². The van der Waals surface area contributed by atoms with Crippen LogP contribution in [0.15, 0.2) is 0 Å². The molecule has 0 spiro atoms. The average molecular weight is 257 g/mol. The first-order valence-electron chi connectivity index (χ1n) is 7.41. The first-order chi connectivity index (χ1) is 8.78. The lowest BCUT2D eigenvalue weighted by Crippen LogP contribution is -2.41. The Morgan fingerprint density at radius 3 is 2.72 bits per heavy atom. The van der Waals surface area contributed by atoms with Crippen LogP contribution >= 0.6 is 0 Å². The fraction of sp³-hybridized carbons (Fsp3) is 1.00. The number of likely N-dealkylation sites (tertiary alicyclic amines) is 1. The summed E-state index contributed by atoms with van der Waals surface area (Å²) in [6, 6.07) is 0. The van der Waals surface area contributed by atoms with Gasteiger partial charge in [0.2, 0.25) is 0 Å². The highest BCUT2D eigenvalue weighted by Gasteiger charge is 2.23. The van der Waals surface area contributed by atoms with Crippen molar-refractivity contribution < 1.29 is 14.6 Å². The van der Waals surface area contributed by atoms with E-state index in [0.29, 0.717) is 12.2 Å².